The van der Waals surface area contributed by atoms with Gasteiger partial charge in [0.05, 0.1) is 19.3 Å². The van der Waals surface area contributed by atoms with Crippen molar-refractivity contribution in [3.63, 3.8) is 0 Å². The molecule has 1 rings (SSSR count). The summed E-state index contributed by atoms with van der Waals surface area (Å²) in [5, 5.41) is 2.69. The fourth-order valence-electron chi connectivity index (χ4n) is 1.64. The van der Waals surface area contributed by atoms with E-state index in [-0.39, 0.29) is 5.91 Å². The van der Waals surface area contributed by atoms with Crippen molar-refractivity contribution in [1.82, 2.24) is 5.32 Å². The van der Waals surface area contributed by atoms with Gasteiger partial charge in [-0.25, -0.2) is 4.79 Å². The molecular weight excluding hydrogens is 274 g/mol. The first kappa shape index (κ1) is 17.0. The van der Waals surface area contributed by atoms with Crippen molar-refractivity contribution in [1.29, 1.82) is 0 Å². The maximum Gasteiger partial charge on any atom is 0.337 e. The Bertz CT molecular complexity index is 501. The van der Waals surface area contributed by atoms with Crippen LogP contribution in [-0.2, 0) is 14.3 Å². The van der Waals surface area contributed by atoms with Crippen LogP contribution in [0.4, 0.5) is 0 Å². The Labute approximate surface area is 124 Å². The van der Waals surface area contributed by atoms with E-state index in [1.165, 1.54) is 7.11 Å². The molecular formula is C15H21NO5. The van der Waals surface area contributed by atoms with Gasteiger partial charge >= 0.3 is 5.97 Å². The van der Waals surface area contributed by atoms with Gasteiger partial charge in [-0.3, -0.25) is 4.79 Å². The zero-order chi connectivity index (χ0) is 15.8. The van der Waals surface area contributed by atoms with E-state index in [2.05, 4.69) is 10.1 Å². The Balaban J connectivity index is 2.72. The summed E-state index contributed by atoms with van der Waals surface area (Å²) in [4.78, 5) is 23.3. The first-order valence-electron chi connectivity index (χ1n) is 6.61. The van der Waals surface area contributed by atoms with E-state index in [1.54, 1.807) is 32.2 Å². The Morgan fingerprint density at radius 1 is 1.29 bits per heavy atom. The number of nitrogens with one attached hydrogen (secondary N) is 1. The third kappa shape index (κ3) is 5.07. The van der Waals surface area contributed by atoms with Crippen LogP contribution >= 0.6 is 0 Å². The molecule has 6 nitrogen and oxygen atoms in total. The second kappa shape index (κ2) is 8.26. The molecule has 1 aromatic rings. The molecule has 1 atom stereocenters. The lowest BCUT2D eigenvalue weighted by Crippen LogP contribution is -2.38. The molecule has 0 fully saturated rings. The number of ether oxygens (including phenoxy) is 3. The van der Waals surface area contributed by atoms with Crippen molar-refractivity contribution >= 4 is 11.9 Å². The van der Waals surface area contributed by atoms with Crippen molar-refractivity contribution in [3.05, 3.63) is 29.3 Å². The zero-order valence-electron chi connectivity index (χ0n) is 12.8. The number of hydrogen-bond donors (Lipinski definition) is 1. The summed E-state index contributed by atoms with van der Waals surface area (Å²) in [6.45, 7) is 4.35. The normalized spacial score (nSPS) is 11.6. The van der Waals surface area contributed by atoms with E-state index >= 15 is 0 Å². The second-order valence-corrected chi connectivity index (χ2v) is 4.52. The lowest BCUT2D eigenvalue weighted by atomic mass is 10.1. The van der Waals surface area contributed by atoms with Crippen molar-refractivity contribution in [2.24, 2.45) is 0 Å². The van der Waals surface area contributed by atoms with Crippen molar-refractivity contribution in [2.75, 3.05) is 27.4 Å². The van der Waals surface area contributed by atoms with Gasteiger partial charge in [0.25, 0.3) is 5.91 Å². The number of hydrogen-bond acceptors (Lipinski definition) is 5. The minimum atomic E-state index is -0.673. The van der Waals surface area contributed by atoms with Gasteiger partial charge in [0.1, 0.15) is 5.75 Å². The Morgan fingerprint density at radius 2 is 2.00 bits per heavy atom. The highest BCUT2D eigenvalue weighted by Gasteiger charge is 2.16. The van der Waals surface area contributed by atoms with Crippen LogP contribution in [0.25, 0.3) is 0 Å². The van der Waals surface area contributed by atoms with Gasteiger partial charge in [0.15, 0.2) is 6.10 Å². The predicted octanol–water partition coefficient (Wildman–Crippen LogP) is 1.31. The summed E-state index contributed by atoms with van der Waals surface area (Å²) >= 11 is 0. The first-order chi connectivity index (χ1) is 9.99. The molecule has 0 spiro atoms. The molecule has 1 amide bonds. The minimum absolute atomic E-state index is 0.241. The third-order valence-corrected chi connectivity index (χ3v) is 2.89. The molecule has 0 aliphatic carbocycles. The molecule has 116 valence electrons. The topological polar surface area (TPSA) is 73.9 Å². The molecule has 0 saturated carbocycles. The molecule has 0 heterocycles. The Morgan fingerprint density at radius 3 is 2.62 bits per heavy atom. The molecule has 6 heteroatoms. The summed E-state index contributed by atoms with van der Waals surface area (Å²) in [5.74, 6) is -0.209. The highest BCUT2D eigenvalue weighted by atomic mass is 16.5. The van der Waals surface area contributed by atoms with Crippen LogP contribution in [0.1, 0.15) is 22.8 Å². The van der Waals surface area contributed by atoms with Crippen LogP contribution in [0.5, 0.6) is 5.75 Å². The van der Waals surface area contributed by atoms with Crippen LogP contribution in [-0.4, -0.2) is 45.4 Å². The van der Waals surface area contributed by atoms with Gasteiger partial charge in [-0.05, 0) is 31.5 Å². The Kier molecular flexibility index (Phi) is 6.68. The summed E-state index contributed by atoms with van der Waals surface area (Å²) < 4.78 is 15.1. The van der Waals surface area contributed by atoms with Crippen molar-refractivity contribution < 1.29 is 23.8 Å². The lowest BCUT2D eigenvalue weighted by Gasteiger charge is -2.16. The Hall–Kier alpha value is -2.08. The quantitative estimate of drug-likeness (QED) is 0.606. The number of carbonyl (C=O) groups excluding carboxylic acids is 2. The van der Waals surface area contributed by atoms with Crippen LogP contribution in [0.2, 0.25) is 0 Å². The van der Waals surface area contributed by atoms with E-state index in [9.17, 15) is 9.59 Å². The van der Waals surface area contributed by atoms with E-state index in [0.29, 0.717) is 24.5 Å². The van der Waals surface area contributed by atoms with E-state index in [0.717, 1.165) is 5.56 Å². The fourth-order valence-corrected chi connectivity index (χ4v) is 1.64. The number of methoxy groups -OCH3 is 2. The summed E-state index contributed by atoms with van der Waals surface area (Å²) in [6, 6.07) is 4.97. The van der Waals surface area contributed by atoms with Gasteiger partial charge in [0, 0.05) is 13.7 Å². The van der Waals surface area contributed by atoms with E-state index in [1.807, 2.05) is 6.92 Å². The molecule has 21 heavy (non-hydrogen) atoms. The fraction of sp³-hybridized carbons (Fsp3) is 0.467. The molecule has 1 unspecified atom stereocenters. The van der Waals surface area contributed by atoms with Gasteiger partial charge in [-0.1, -0.05) is 6.07 Å². The van der Waals surface area contributed by atoms with E-state index < -0.39 is 12.1 Å². The summed E-state index contributed by atoms with van der Waals surface area (Å²) in [5.41, 5.74) is 1.21. The molecule has 0 aliphatic heterocycles. The van der Waals surface area contributed by atoms with Crippen LogP contribution in [0, 0.1) is 6.92 Å². The number of carbonyl (C=O) groups is 2. The maximum absolute atomic E-state index is 11.8. The van der Waals surface area contributed by atoms with Gasteiger partial charge in [0.2, 0.25) is 0 Å². The largest absolute Gasteiger partial charge is 0.481 e. The van der Waals surface area contributed by atoms with E-state index in [4.69, 9.17) is 9.47 Å². The number of benzene rings is 1. The van der Waals surface area contributed by atoms with Gasteiger partial charge < -0.3 is 19.5 Å². The number of amides is 1. The smallest absolute Gasteiger partial charge is 0.337 e. The molecule has 1 aromatic carbocycles. The summed E-state index contributed by atoms with van der Waals surface area (Å²) in [7, 11) is 2.88. The summed E-state index contributed by atoms with van der Waals surface area (Å²) in [6.07, 6.45) is -0.673. The molecule has 0 radical (unpaired) electrons. The standard InChI is InChI=1S/C15H21NO5/c1-10-5-6-12(15(18)20-4)9-13(10)21-11(2)14(17)16-7-8-19-3/h5-6,9,11H,7-8H2,1-4H3,(H,16,17). The molecule has 0 bridgehead atoms. The highest BCUT2D eigenvalue weighted by Crippen LogP contribution is 2.21. The van der Waals surface area contributed by atoms with Gasteiger partial charge in [-0.2, -0.15) is 0 Å². The van der Waals surface area contributed by atoms with Gasteiger partial charge in [-0.15, -0.1) is 0 Å². The molecule has 0 saturated heterocycles. The maximum atomic E-state index is 11.8. The second-order valence-electron chi connectivity index (χ2n) is 4.52. The average molecular weight is 295 g/mol. The number of esters is 1. The number of aryl methyl sites for hydroxylation is 1. The lowest BCUT2D eigenvalue weighted by molar-refractivity contribution is -0.127. The van der Waals surface area contributed by atoms with Crippen molar-refractivity contribution in [3.8, 4) is 5.75 Å². The zero-order valence-corrected chi connectivity index (χ0v) is 12.8. The van der Waals surface area contributed by atoms with Crippen LogP contribution < -0.4 is 10.1 Å². The minimum Gasteiger partial charge on any atom is -0.481 e. The first-order valence-corrected chi connectivity index (χ1v) is 6.61. The van der Waals surface area contributed by atoms with Crippen molar-refractivity contribution in [2.45, 2.75) is 20.0 Å². The monoisotopic (exact) mass is 295 g/mol. The average Bonchev–Trinajstić information content (AvgIpc) is 2.48. The number of rotatable bonds is 7. The predicted molar refractivity (Wildman–Crippen MR) is 77.5 cm³/mol. The van der Waals surface area contributed by atoms with Crippen LogP contribution in [0.15, 0.2) is 18.2 Å². The SMILES string of the molecule is COCCNC(=O)C(C)Oc1cc(C(=O)OC)ccc1C. The van der Waals surface area contributed by atoms with Crippen LogP contribution in [0.3, 0.4) is 0 Å². The highest BCUT2D eigenvalue weighted by molar-refractivity contribution is 5.90. The molecule has 0 aliphatic rings. The molecule has 0 aromatic heterocycles. The third-order valence-electron chi connectivity index (χ3n) is 2.89. The molecule has 1 N–H and O–H groups in total.